The van der Waals surface area contributed by atoms with Crippen LogP contribution in [0.2, 0.25) is 0 Å². The van der Waals surface area contributed by atoms with Crippen LogP contribution in [0, 0.1) is 0 Å². The van der Waals surface area contributed by atoms with E-state index in [1.807, 2.05) is 20.8 Å². The van der Waals surface area contributed by atoms with Crippen molar-refractivity contribution in [3.8, 4) is 0 Å². The van der Waals surface area contributed by atoms with E-state index in [0.29, 0.717) is 18.8 Å². The fourth-order valence-corrected chi connectivity index (χ4v) is 2.05. The topological polar surface area (TPSA) is 62.4 Å². The zero-order valence-corrected chi connectivity index (χ0v) is 10.9. The molecule has 18 heavy (non-hydrogen) atoms. The average molecular weight is 250 g/mol. The van der Waals surface area contributed by atoms with Gasteiger partial charge in [0.15, 0.2) is 0 Å². The molecule has 1 aliphatic rings. The number of carbonyl (C=O) groups is 1. The summed E-state index contributed by atoms with van der Waals surface area (Å²) in [6.45, 7) is 6.87. The lowest BCUT2D eigenvalue weighted by Crippen LogP contribution is -2.55. The van der Waals surface area contributed by atoms with Gasteiger partial charge in [-0.2, -0.15) is 0 Å². The molecule has 98 valence electrons. The van der Waals surface area contributed by atoms with Gasteiger partial charge in [0.25, 0.3) is 5.91 Å². The van der Waals surface area contributed by atoms with E-state index in [1.165, 1.54) is 6.07 Å². The van der Waals surface area contributed by atoms with Gasteiger partial charge in [0.1, 0.15) is 5.69 Å². The molecule has 1 amide bonds. The van der Waals surface area contributed by atoms with Crippen LogP contribution in [0.15, 0.2) is 23.0 Å². The smallest absolute Gasteiger partial charge is 0.270 e. The van der Waals surface area contributed by atoms with Gasteiger partial charge >= 0.3 is 0 Å². The molecule has 2 heterocycles. The molecule has 0 spiro atoms. The number of aromatic nitrogens is 1. The van der Waals surface area contributed by atoms with Crippen molar-refractivity contribution in [2.24, 2.45) is 0 Å². The van der Waals surface area contributed by atoms with E-state index in [0.717, 1.165) is 0 Å². The van der Waals surface area contributed by atoms with Crippen molar-refractivity contribution >= 4 is 5.91 Å². The van der Waals surface area contributed by atoms with E-state index in [9.17, 15) is 9.59 Å². The fraction of sp³-hybridized carbons (Fsp3) is 0.538. The molecule has 1 aromatic heterocycles. The van der Waals surface area contributed by atoms with Gasteiger partial charge in [-0.05, 0) is 26.8 Å². The largest absolute Gasteiger partial charge is 0.372 e. The summed E-state index contributed by atoms with van der Waals surface area (Å²) in [6.07, 6.45) is 0. The number of amides is 1. The Hall–Kier alpha value is -1.62. The van der Waals surface area contributed by atoms with Crippen LogP contribution in [0.3, 0.4) is 0 Å². The van der Waals surface area contributed by atoms with Gasteiger partial charge in [-0.25, -0.2) is 0 Å². The van der Waals surface area contributed by atoms with Gasteiger partial charge < -0.3 is 14.6 Å². The van der Waals surface area contributed by atoms with Crippen molar-refractivity contribution in [3.05, 3.63) is 34.2 Å². The van der Waals surface area contributed by atoms with Gasteiger partial charge in [0.05, 0.1) is 18.2 Å². The highest BCUT2D eigenvalue weighted by Crippen LogP contribution is 2.21. The number of carbonyl (C=O) groups excluding carboxylic acids is 1. The van der Waals surface area contributed by atoms with Crippen molar-refractivity contribution in [1.29, 1.82) is 0 Å². The number of morpholine rings is 1. The number of H-pyrrole nitrogens is 1. The third kappa shape index (κ3) is 2.61. The van der Waals surface area contributed by atoms with E-state index >= 15 is 0 Å². The van der Waals surface area contributed by atoms with Crippen LogP contribution in [0.1, 0.15) is 31.3 Å². The molecule has 1 N–H and O–H groups in total. The Morgan fingerprint density at radius 3 is 2.89 bits per heavy atom. The lowest BCUT2D eigenvalue weighted by molar-refractivity contribution is -0.0981. The lowest BCUT2D eigenvalue weighted by Gasteiger charge is -2.42. The molecule has 5 heteroatoms. The molecular weight excluding hydrogens is 232 g/mol. The second-order valence-electron chi connectivity index (χ2n) is 5.28. The summed E-state index contributed by atoms with van der Waals surface area (Å²) in [4.78, 5) is 27.9. The van der Waals surface area contributed by atoms with E-state index in [2.05, 4.69) is 4.98 Å². The molecule has 1 aromatic rings. The molecule has 0 bridgehead atoms. The first-order chi connectivity index (χ1) is 8.39. The number of pyridine rings is 1. The Kier molecular flexibility index (Phi) is 3.26. The number of nitrogens with zero attached hydrogens (tertiary/aromatic N) is 1. The summed E-state index contributed by atoms with van der Waals surface area (Å²) in [6, 6.07) is 4.61. The Morgan fingerprint density at radius 2 is 2.22 bits per heavy atom. The quantitative estimate of drug-likeness (QED) is 0.809. The minimum absolute atomic E-state index is 0.00855. The van der Waals surface area contributed by atoms with Gasteiger partial charge in [-0.3, -0.25) is 9.59 Å². The Morgan fingerprint density at radius 1 is 1.50 bits per heavy atom. The normalized spacial score (nSPS) is 22.8. The fourth-order valence-electron chi connectivity index (χ4n) is 2.05. The first kappa shape index (κ1) is 12.8. The summed E-state index contributed by atoms with van der Waals surface area (Å²) < 4.78 is 5.65. The van der Waals surface area contributed by atoms with Gasteiger partial charge in [0, 0.05) is 12.6 Å². The molecule has 1 saturated heterocycles. The maximum absolute atomic E-state index is 12.4. The van der Waals surface area contributed by atoms with Gasteiger partial charge in [0.2, 0.25) is 5.56 Å². The molecule has 1 atom stereocenters. The molecule has 0 saturated carbocycles. The maximum atomic E-state index is 12.4. The lowest BCUT2D eigenvalue weighted by atomic mass is 10.0. The first-order valence-corrected chi connectivity index (χ1v) is 6.03. The van der Waals surface area contributed by atoms with Gasteiger partial charge in [-0.1, -0.05) is 6.07 Å². The summed E-state index contributed by atoms with van der Waals surface area (Å²) >= 11 is 0. The van der Waals surface area contributed by atoms with E-state index < -0.39 is 0 Å². The molecule has 5 nitrogen and oxygen atoms in total. The average Bonchev–Trinajstić information content (AvgIpc) is 2.31. The van der Waals surface area contributed by atoms with Crippen molar-refractivity contribution in [1.82, 2.24) is 9.88 Å². The van der Waals surface area contributed by atoms with E-state index in [4.69, 9.17) is 4.74 Å². The van der Waals surface area contributed by atoms with Crippen LogP contribution in [0.25, 0.3) is 0 Å². The first-order valence-electron chi connectivity index (χ1n) is 6.03. The third-order valence-corrected chi connectivity index (χ3v) is 3.06. The zero-order chi connectivity index (χ0) is 13.3. The number of rotatable bonds is 1. The van der Waals surface area contributed by atoms with Crippen molar-refractivity contribution in [2.45, 2.75) is 32.4 Å². The molecule has 1 aliphatic heterocycles. The number of ether oxygens (including phenoxy) is 1. The number of hydrogen-bond acceptors (Lipinski definition) is 3. The van der Waals surface area contributed by atoms with Crippen molar-refractivity contribution < 1.29 is 9.53 Å². The Bertz CT molecular complexity index is 507. The monoisotopic (exact) mass is 250 g/mol. The molecule has 0 aromatic carbocycles. The highest BCUT2D eigenvalue weighted by molar-refractivity contribution is 5.92. The SMILES string of the molecule is C[C@H]1COC(C)(C)CN1C(=O)c1cccc(=O)[nH]1. The summed E-state index contributed by atoms with van der Waals surface area (Å²) in [5, 5.41) is 0. The minimum Gasteiger partial charge on any atom is -0.372 e. The standard InChI is InChI=1S/C13H18N2O3/c1-9-7-18-13(2,3)8-15(9)12(17)10-5-4-6-11(16)14-10/h4-6,9H,7-8H2,1-3H3,(H,14,16)/t9-/m0/s1. The highest BCUT2D eigenvalue weighted by atomic mass is 16.5. The zero-order valence-electron chi connectivity index (χ0n) is 10.9. The molecule has 1 fully saturated rings. The number of hydrogen-bond donors (Lipinski definition) is 1. The summed E-state index contributed by atoms with van der Waals surface area (Å²) in [5.41, 5.74) is -0.287. The van der Waals surface area contributed by atoms with Crippen LogP contribution in [-0.4, -0.2) is 40.6 Å². The Labute approximate surface area is 106 Å². The molecule has 0 radical (unpaired) electrons. The van der Waals surface area contributed by atoms with Crippen LogP contribution < -0.4 is 5.56 Å². The van der Waals surface area contributed by atoms with E-state index in [-0.39, 0.29) is 23.1 Å². The second kappa shape index (κ2) is 4.57. The van der Waals surface area contributed by atoms with Gasteiger partial charge in [-0.15, -0.1) is 0 Å². The maximum Gasteiger partial charge on any atom is 0.270 e. The predicted molar refractivity (Wildman–Crippen MR) is 67.6 cm³/mol. The molecule has 2 rings (SSSR count). The van der Waals surface area contributed by atoms with Crippen LogP contribution in [0.5, 0.6) is 0 Å². The molecule has 0 aliphatic carbocycles. The highest BCUT2D eigenvalue weighted by Gasteiger charge is 2.34. The third-order valence-electron chi connectivity index (χ3n) is 3.06. The number of nitrogens with one attached hydrogen (secondary N) is 1. The number of aromatic amines is 1. The Balaban J connectivity index is 2.25. The van der Waals surface area contributed by atoms with Crippen molar-refractivity contribution in [2.75, 3.05) is 13.2 Å². The van der Waals surface area contributed by atoms with Crippen LogP contribution >= 0.6 is 0 Å². The summed E-state index contributed by atoms with van der Waals surface area (Å²) in [5.74, 6) is -0.156. The van der Waals surface area contributed by atoms with Crippen molar-refractivity contribution in [3.63, 3.8) is 0 Å². The minimum atomic E-state index is -0.350. The summed E-state index contributed by atoms with van der Waals surface area (Å²) in [7, 11) is 0. The second-order valence-corrected chi connectivity index (χ2v) is 5.28. The molecule has 0 unspecified atom stereocenters. The molecular formula is C13H18N2O3. The van der Waals surface area contributed by atoms with Crippen LogP contribution in [-0.2, 0) is 4.74 Å². The predicted octanol–water partition coefficient (Wildman–Crippen LogP) is 1.01. The van der Waals surface area contributed by atoms with E-state index in [1.54, 1.807) is 17.0 Å². The van der Waals surface area contributed by atoms with Crippen LogP contribution in [0.4, 0.5) is 0 Å².